The zero-order chi connectivity index (χ0) is 27.9. The molecule has 0 aliphatic carbocycles. The maximum absolute atomic E-state index is 13.4. The van der Waals surface area contributed by atoms with Crippen LogP contribution in [0.25, 0.3) is 10.4 Å². The third kappa shape index (κ3) is 6.94. The van der Waals surface area contributed by atoms with Gasteiger partial charge in [0, 0.05) is 11.4 Å². The predicted octanol–water partition coefficient (Wildman–Crippen LogP) is 4.63. The Labute approximate surface area is 236 Å². The van der Waals surface area contributed by atoms with Crippen molar-refractivity contribution < 1.29 is 29.3 Å². The van der Waals surface area contributed by atoms with Gasteiger partial charge in [-0.2, -0.15) is 5.26 Å². The van der Waals surface area contributed by atoms with E-state index in [-0.39, 0.29) is 22.5 Å². The molecule has 4 rings (SSSR count). The quantitative estimate of drug-likeness (QED) is 0.220. The fraction of sp³-hybridized carbons (Fsp3) is 0.259. The van der Waals surface area contributed by atoms with E-state index >= 15 is 0 Å². The Morgan fingerprint density at radius 1 is 1.13 bits per heavy atom. The number of ether oxygens (including phenoxy) is 1. The fourth-order valence-corrected chi connectivity index (χ4v) is 6.23. The van der Waals surface area contributed by atoms with Gasteiger partial charge in [0.05, 0.1) is 21.0 Å². The van der Waals surface area contributed by atoms with Crippen LogP contribution in [0.3, 0.4) is 0 Å². The van der Waals surface area contributed by atoms with Crippen LogP contribution in [0.5, 0.6) is 5.75 Å². The van der Waals surface area contributed by atoms with Crippen LogP contribution in [0, 0.1) is 17.2 Å². The maximum Gasteiger partial charge on any atom is 0.349 e. The number of anilines is 2. The van der Waals surface area contributed by atoms with E-state index in [0.717, 1.165) is 37.3 Å². The number of carboxylic acids is 2. The number of hydrogen-bond acceptors (Lipinski definition) is 8. The number of thiophene rings is 1. The lowest BCUT2D eigenvalue weighted by Crippen LogP contribution is -2.45. The van der Waals surface area contributed by atoms with E-state index < -0.39 is 24.6 Å². The summed E-state index contributed by atoms with van der Waals surface area (Å²) in [5.41, 5.74) is 2.42. The second-order valence-corrected chi connectivity index (χ2v) is 10.7. The molecule has 0 saturated carbocycles. The number of carboxylic acid groups (broad SMARTS) is 2. The van der Waals surface area contributed by atoms with Gasteiger partial charge in [-0.05, 0) is 89.7 Å². The normalized spacial score (nSPS) is 14.2. The summed E-state index contributed by atoms with van der Waals surface area (Å²) >= 11 is 4.35. The first-order valence-electron chi connectivity index (χ1n) is 12.1. The standard InChI is InChI=1S/C27H25BrN4O6S/c28-21-23(38-14-20(33)34)25(27(36)37)39-24(21)17-2-1-3-19(12-17)31-22(16-8-10-30-11-9-16)26(35)32-18-6-4-15(13-29)5-7-18/h1-7,12,16,22,30-31H,8-11,14H2,(H,32,35)(H,33,34)(H,36,37). The molecule has 1 aromatic heterocycles. The second-order valence-electron chi connectivity index (χ2n) is 8.86. The molecule has 3 aromatic rings. The fourth-order valence-electron chi connectivity index (χ4n) is 4.34. The predicted molar refractivity (Wildman–Crippen MR) is 150 cm³/mol. The van der Waals surface area contributed by atoms with E-state index in [0.29, 0.717) is 31.9 Å². The van der Waals surface area contributed by atoms with Gasteiger partial charge in [0.2, 0.25) is 5.91 Å². The maximum atomic E-state index is 13.4. The third-order valence-corrected chi connectivity index (χ3v) is 8.44. The molecule has 1 saturated heterocycles. The number of aliphatic carboxylic acids is 1. The molecule has 39 heavy (non-hydrogen) atoms. The Hall–Kier alpha value is -3.92. The van der Waals surface area contributed by atoms with Crippen molar-refractivity contribution in [3.05, 3.63) is 63.4 Å². The van der Waals surface area contributed by atoms with Gasteiger partial charge in [-0.15, -0.1) is 11.3 Å². The van der Waals surface area contributed by atoms with Crippen molar-refractivity contribution in [3.63, 3.8) is 0 Å². The van der Waals surface area contributed by atoms with Crippen LogP contribution < -0.4 is 20.7 Å². The second kappa shape index (κ2) is 12.8. The van der Waals surface area contributed by atoms with Crippen LogP contribution in [0.1, 0.15) is 28.1 Å². The molecule has 1 aliphatic rings. The Balaban J connectivity index is 1.61. The summed E-state index contributed by atoms with van der Waals surface area (Å²) in [5, 5.41) is 37.3. The number of benzene rings is 2. The molecule has 1 atom stereocenters. The molecule has 0 radical (unpaired) electrons. The summed E-state index contributed by atoms with van der Waals surface area (Å²) in [6, 6.07) is 15.4. The van der Waals surface area contributed by atoms with Gasteiger partial charge in [-0.3, -0.25) is 4.79 Å². The number of hydrogen-bond donors (Lipinski definition) is 5. The minimum atomic E-state index is -1.23. The van der Waals surface area contributed by atoms with Crippen LogP contribution >= 0.6 is 27.3 Å². The number of halogens is 1. The van der Waals surface area contributed by atoms with Crippen molar-refractivity contribution >= 4 is 56.5 Å². The summed E-state index contributed by atoms with van der Waals surface area (Å²) in [5.74, 6) is -2.63. The van der Waals surface area contributed by atoms with Gasteiger partial charge >= 0.3 is 11.9 Å². The van der Waals surface area contributed by atoms with Crippen molar-refractivity contribution in [2.45, 2.75) is 18.9 Å². The smallest absolute Gasteiger partial charge is 0.349 e. The van der Waals surface area contributed by atoms with E-state index in [9.17, 15) is 19.5 Å². The number of nitriles is 1. The molecular formula is C27H25BrN4O6S. The number of nitrogens with zero attached hydrogens (tertiary/aromatic N) is 1. The molecule has 1 fully saturated rings. The van der Waals surface area contributed by atoms with Crippen LogP contribution in [0.4, 0.5) is 11.4 Å². The number of carbonyl (C=O) groups is 3. The van der Waals surface area contributed by atoms with Crippen LogP contribution in [0.15, 0.2) is 53.0 Å². The highest BCUT2D eigenvalue weighted by atomic mass is 79.9. The summed E-state index contributed by atoms with van der Waals surface area (Å²) in [6.45, 7) is 0.918. The molecule has 2 heterocycles. The van der Waals surface area contributed by atoms with Gasteiger partial charge in [0.25, 0.3) is 0 Å². The molecular weight excluding hydrogens is 588 g/mol. The summed E-state index contributed by atoms with van der Waals surface area (Å²) < 4.78 is 5.60. The first kappa shape index (κ1) is 28.1. The molecule has 10 nitrogen and oxygen atoms in total. The SMILES string of the molecule is N#Cc1ccc(NC(=O)C(Nc2cccc(-c3sc(C(=O)O)c(OCC(=O)O)c3Br)c2)C2CCNCC2)cc1. The molecule has 0 spiro atoms. The third-order valence-electron chi connectivity index (χ3n) is 6.21. The van der Waals surface area contributed by atoms with Crippen molar-refractivity contribution in [1.29, 1.82) is 5.26 Å². The van der Waals surface area contributed by atoms with Crippen LogP contribution in [-0.4, -0.2) is 53.8 Å². The Kier molecular flexibility index (Phi) is 9.19. The molecule has 202 valence electrons. The molecule has 0 bridgehead atoms. The molecule has 1 amide bonds. The molecule has 5 N–H and O–H groups in total. The average molecular weight is 613 g/mol. The van der Waals surface area contributed by atoms with Crippen molar-refractivity contribution in [2.24, 2.45) is 5.92 Å². The molecule has 12 heteroatoms. The van der Waals surface area contributed by atoms with Crippen molar-refractivity contribution in [3.8, 4) is 22.3 Å². The summed E-state index contributed by atoms with van der Waals surface area (Å²) in [6.07, 6.45) is 1.61. The lowest BCUT2D eigenvalue weighted by Gasteiger charge is -2.31. The zero-order valence-corrected chi connectivity index (χ0v) is 23.0. The lowest BCUT2D eigenvalue weighted by atomic mass is 9.89. The van der Waals surface area contributed by atoms with Gasteiger partial charge in [-0.1, -0.05) is 12.1 Å². The topological polar surface area (TPSA) is 161 Å². The average Bonchev–Trinajstić information content (AvgIpc) is 3.27. The first-order chi connectivity index (χ1) is 18.8. The number of nitrogens with one attached hydrogen (secondary N) is 3. The number of amides is 1. The van der Waals surface area contributed by atoms with E-state index in [4.69, 9.17) is 15.1 Å². The number of carbonyl (C=O) groups excluding carboxylic acids is 1. The minimum absolute atomic E-state index is 0.0439. The van der Waals surface area contributed by atoms with Crippen LogP contribution in [-0.2, 0) is 9.59 Å². The minimum Gasteiger partial charge on any atom is -0.479 e. The van der Waals surface area contributed by atoms with E-state index in [2.05, 4.69) is 37.9 Å². The number of rotatable bonds is 10. The van der Waals surface area contributed by atoms with Gasteiger partial charge in [0.15, 0.2) is 17.2 Å². The summed E-state index contributed by atoms with van der Waals surface area (Å²) in [4.78, 5) is 36.6. The monoisotopic (exact) mass is 612 g/mol. The highest BCUT2D eigenvalue weighted by Crippen LogP contribution is 2.46. The Morgan fingerprint density at radius 3 is 2.49 bits per heavy atom. The highest BCUT2D eigenvalue weighted by Gasteiger charge is 2.30. The van der Waals surface area contributed by atoms with Gasteiger partial charge in [-0.25, -0.2) is 9.59 Å². The molecule has 1 unspecified atom stereocenters. The molecule has 2 aromatic carbocycles. The van der Waals surface area contributed by atoms with E-state index in [1.807, 2.05) is 12.1 Å². The highest BCUT2D eigenvalue weighted by molar-refractivity contribution is 9.10. The van der Waals surface area contributed by atoms with E-state index in [1.165, 1.54) is 0 Å². The van der Waals surface area contributed by atoms with Crippen molar-refractivity contribution in [2.75, 3.05) is 30.3 Å². The molecule has 1 aliphatic heterocycles. The van der Waals surface area contributed by atoms with Gasteiger partial charge in [0.1, 0.15) is 6.04 Å². The first-order valence-corrected chi connectivity index (χ1v) is 13.7. The Bertz CT molecular complexity index is 1410. The number of aromatic carboxylic acids is 1. The van der Waals surface area contributed by atoms with E-state index in [1.54, 1.807) is 36.4 Å². The zero-order valence-electron chi connectivity index (χ0n) is 20.6. The number of piperidine rings is 1. The largest absolute Gasteiger partial charge is 0.479 e. The summed E-state index contributed by atoms with van der Waals surface area (Å²) in [7, 11) is 0. The van der Waals surface area contributed by atoms with Crippen molar-refractivity contribution in [1.82, 2.24) is 5.32 Å². The lowest BCUT2D eigenvalue weighted by molar-refractivity contribution is -0.139. The Morgan fingerprint density at radius 2 is 1.85 bits per heavy atom. The van der Waals surface area contributed by atoms with Crippen LogP contribution in [0.2, 0.25) is 0 Å². The van der Waals surface area contributed by atoms with Gasteiger partial charge < -0.3 is 30.9 Å².